The minimum Gasteiger partial charge on any atom is -0.493 e. The third-order valence-corrected chi connectivity index (χ3v) is 3.74. The van der Waals surface area contributed by atoms with Crippen LogP contribution in [-0.2, 0) is 6.54 Å². The van der Waals surface area contributed by atoms with E-state index < -0.39 is 5.82 Å². The summed E-state index contributed by atoms with van der Waals surface area (Å²) in [6, 6.07) is 8.92. The summed E-state index contributed by atoms with van der Waals surface area (Å²) in [5, 5.41) is 5.57. The molecule has 140 valence electrons. The van der Waals surface area contributed by atoms with Crippen molar-refractivity contribution in [2.45, 2.75) is 6.54 Å². The Morgan fingerprint density at radius 1 is 1.04 bits per heavy atom. The Morgan fingerprint density at radius 3 is 2.46 bits per heavy atom. The maximum absolute atomic E-state index is 12.9. The first-order chi connectivity index (χ1) is 12.5. The number of rotatable bonds is 8. The first-order valence-electron chi connectivity index (χ1n) is 7.84. The fourth-order valence-corrected chi connectivity index (χ4v) is 2.38. The van der Waals surface area contributed by atoms with Crippen molar-refractivity contribution in [3.8, 4) is 17.2 Å². The minimum atomic E-state index is -0.435. The van der Waals surface area contributed by atoms with E-state index in [2.05, 4.69) is 10.6 Å². The van der Waals surface area contributed by atoms with Gasteiger partial charge in [-0.3, -0.25) is 0 Å². The Balaban J connectivity index is 1.72. The zero-order valence-electron chi connectivity index (χ0n) is 14.5. The van der Waals surface area contributed by atoms with Crippen molar-refractivity contribution in [2.75, 3.05) is 27.4 Å². The van der Waals surface area contributed by atoms with E-state index in [1.54, 1.807) is 26.4 Å². The monoisotopic (exact) mass is 382 g/mol. The molecule has 2 aromatic rings. The molecule has 0 spiro atoms. The topological polar surface area (TPSA) is 68.8 Å². The lowest BCUT2D eigenvalue weighted by atomic mass is 10.2. The molecule has 0 saturated heterocycles. The van der Waals surface area contributed by atoms with E-state index in [-0.39, 0.29) is 24.2 Å². The van der Waals surface area contributed by atoms with Crippen LogP contribution in [-0.4, -0.2) is 33.4 Å². The van der Waals surface area contributed by atoms with Gasteiger partial charge in [0.15, 0.2) is 11.5 Å². The lowest BCUT2D eigenvalue weighted by Gasteiger charge is -2.11. The van der Waals surface area contributed by atoms with Crippen LogP contribution in [0, 0.1) is 5.82 Å². The maximum Gasteiger partial charge on any atom is 0.315 e. The molecule has 0 atom stereocenters. The van der Waals surface area contributed by atoms with E-state index in [1.807, 2.05) is 6.07 Å². The van der Waals surface area contributed by atoms with Crippen LogP contribution in [0.3, 0.4) is 0 Å². The van der Waals surface area contributed by atoms with E-state index in [1.165, 1.54) is 18.2 Å². The van der Waals surface area contributed by atoms with Gasteiger partial charge in [-0.05, 0) is 35.9 Å². The fourth-order valence-electron chi connectivity index (χ4n) is 2.15. The highest BCUT2D eigenvalue weighted by Crippen LogP contribution is 2.27. The van der Waals surface area contributed by atoms with E-state index in [9.17, 15) is 9.18 Å². The Morgan fingerprint density at radius 2 is 1.77 bits per heavy atom. The molecule has 0 aromatic heterocycles. The van der Waals surface area contributed by atoms with Gasteiger partial charge in [0.1, 0.15) is 18.2 Å². The van der Waals surface area contributed by atoms with Gasteiger partial charge >= 0.3 is 6.03 Å². The molecule has 2 rings (SSSR count). The van der Waals surface area contributed by atoms with Gasteiger partial charge in [0.2, 0.25) is 0 Å². The molecule has 0 aliphatic carbocycles. The predicted octanol–water partition coefficient (Wildman–Crippen LogP) is 3.37. The minimum absolute atomic E-state index is 0.183. The second-order valence-corrected chi connectivity index (χ2v) is 5.63. The number of ether oxygens (including phenoxy) is 3. The van der Waals surface area contributed by atoms with Crippen molar-refractivity contribution in [3.05, 3.63) is 52.8 Å². The van der Waals surface area contributed by atoms with Crippen LogP contribution in [0.25, 0.3) is 0 Å². The molecule has 8 heteroatoms. The molecule has 26 heavy (non-hydrogen) atoms. The molecule has 0 unspecified atom stereocenters. The highest BCUT2D eigenvalue weighted by Gasteiger charge is 2.06. The van der Waals surface area contributed by atoms with Crippen LogP contribution in [0.1, 0.15) is 5.56 Å². The number of halogens is 2. The lowest BCUT2D eigenvalue weighted by Crippen LogP contribution is -2.37. The average molecular weight is 383 g/mol. The van der Waals surface area contributed by atoms with Gasteiger partial charge in [-0.15, -0.1) is 0 Å². The number of carbonyl (C=O) groups excluding carboxylic acids is 1. The molecule has 2 aromatic carbocycles. The van der Waals surface area contributed by atoms with Gasteiger partial charge in [-0.2, -0.15) is 0 Å². The second-order valence-electron chi connectivity index (χ2n) is 5.22. The summed E-state index contributed by atoms with van der Waals surface area (Å²) >= 11 is 5.85. The lowest BCUT2D eigenvalue weighted by molar-refractivity contribution is 0.236. The predicted molar refractivity (Wildman–Crippen MR) is 96.7 cm³/mol. The Labute approximate surface area is 156 Å². The van der Waals surface area contributed by atoms with Crippen molar-refractivity contribution in [1.29, 1.82) is 0 Å². The molecule has 6 nitrogen and oxygen atoms in total. The van der Waals surface area contributed by atoms with E-state index in [0.717, 1.165) is 5.56 Å². The summed E-state index contributed by atoms with van der Waals surface area (Å²) in [6.45, 7) is 0.803. The van der Waals surface area contributed by atoms with Gasteiger partial charge in [0.05, 0.1) is 25.8 Å². The van der Waals surface area contributed by atoms with Gasteiger partial charge < -0.3 is 24.8 Å². The van der Waals surface area contributed by atoms with Crippen LogP contribution in [0.4, 0.5) is 9.18 Å². The second kappa shape index (κ2) is 9.72. The number of carbonyl (C=O) groups is 1. The smallest absolute Gasteiger partial charge is 0.315 e. The number of hydrogen-bond donors (Lipinski definition) is 2. The van der Waals surface area contributed by atoms with Crippen LogP contribution in [0.5, 0.6) is 17.2 Å². The molecular weight excluding hydrogens is 363 g/mol. The third-order valence-electron chi connectivity index (χ3n) is 3.44. The van der Waals surface area contributed by atoms with Gasteiger partial charge in [0, 0.05) is 6.54 Å². The summed E-state index contributed by atoms with van der Waals surface area (Å²) in [4.78, 5) is 11.8. The number of methoxy groups -OCH3 is 2. The highest BCUT2D eigenvalue weighted by molar-refractivity contribution is 6.32. The fraction of sp³-hybridized carbons (Fsp3) is 0.278. The number of urea groups is 1. The Kier molecular flexibility index (Phi) is 7.35. The number of hydrogen-bond acceptors (Lipinski definition) is 4. The molecule has 0 saturated carbocycles. The molecule has 0 heterocycles. The van der Waals surface area contributed by atoms with Crippen molar-refractivity contribution in [2.24, 2.45) is 0 Å². The van der Waals surface area contributed by atoms with Crippen LogP contribution < -0.4 is 24.8 Å². The summed E-state index contributed by atoms with van der Waals surface area (Å²) < 4.78 is 28.7. The first-order valence-corrected chi connectivity index (χ1v) is 8.21. The molecule has 0 aliphatic rings. The molecule has 0 bridgehead atoms. The van der Waals surface area contributed by atoms with Crippen LogP contribution in [0.15, 0.2) is 36.4 Å². The average Bonchev–Trinajstić information content (AvgIpc) is 2.64. The van der Waals surface area contributed by atoms with Gasteiger partial charge in [-0.25, -0.2) is 9.18 Å². The summed E-state index contributed by atoms with van der Waals surface area (Å²) in [5.74, 6) is 1.14. The summed E-state index contributed by atoms with van der Waals surface area (Å²) in [6.07, 6.45) is 0. The van der Waals surface area contributed by atoms with Crippen molar-refractivity contribution in [1.82, 2.24) is 10.6 Å². The van der Waals surface area contributed by atoms with Crippen molar-refractivity contribution in [3.63, 3.8) is 0 Å². The quantitative estimate of drug-likeness (QED) is 0.687. The zero-order chi connectivity index (χ0) is 18.9. The SMILES string of the molecule is COc1ccc(CNC(=O)NCCOc2ccc(F)cc2Cl)cc1OC. The van der Waals surface area contributed by atoms with Crippen molar-refractivity contribution >= 4 is 17.6 Å². The third kappa shape index (κ3) is 5.70. The number of amides is 2. The summed E-state index contributed by atoms with van der Waals surface area (Å²) in [7, 11) is 3.11. The van der Waals surface area contributed by atoms with Crippen molar-refractivity contribution < 1.29 is 23.4 Å². The molecular formula is C18H20ClFN2O4. The number of benzene rings is 2. The molecule has 0 radical (unpaired) electrons. The van der Waals surface area contributed by atoms with E-state index >= 15 is 0 Å². The van der Waals surface area contributed by atoms with E-state index in [4.69, 9.17) is 25.8 Å². The van der Waals surface area contributed by atoms with Gasteiger partial charge in [-0.1, -0.05) is 17.7 Å². The normalized spacial score (nSPS) is 10.2. The van der Waals surface area contributed by atoms with Crippen LogP contribution >= 0.6 is 11.6 Å². The molecule has 2 N–H and O–H groups in total. The molecule has 0 aliphatic heterocycles. The van der Waals surface area contributed by atoms with Gasteiger partial charge in [0.25, 0.3) is 0 Å². The first kappa shape index (κ1) is 19.7. The highest BCUT2D eigenvalue weighted by atomic mass is 35.5. The molecule has 2 amide bonds. The van der Waals surface area contributed by atoms with E-state index in [0.29, 0.717) is 23.8 Å². The maximum atomic E-state index is 12.9. The Hall–Kier alpha value is -2.67. The standard InChI is InChI=1S/C18H20ClFN2O4/c1-24-16-5-3-12(9-17(16)25-2)11-22-18(23)21-7-8-26-15-6-4-13(20)10-14(15)19/h3-6,9-10H,7-8,11H2,1-2H3,(H2,21,22,23). The molecule has 0 fully saturated rings. The number of nitrogens with one attached hydrogen (secondary N) is 2. The Bertz CT molecular complexity index is 758. The summed E-state index contributed by atoms with van der Waals surface area (Å²) in [5.41, 5.74) is 0.868. The largest absolute Gasteiger partial charge is 0.493 e. The van der Waals surface area contributed by atoms with Crippen LogP contribution in [0.2, 0.25) is 5.02 Å². The zero-order valence-corrected chi connectivity index (χ0v) is 15.2.